The summed E-state index contributed by atoms with van der Waals surface area (Å²) in [6.07, 6.45) is 5.03. The molecule has 0 saturated carbocycles. The molecular weight excluding hydrogens is 344 g/mol. The van der Waals surface area contributed by atoms with Crippen molar-refractivity contribution in [1.29, 1.82) is 0 Å². The van der Waals surface area contributed by atoms with Gasteiger partial charge in [-0.3, -0.25) is 9.20 Å². The molecule has 3 aromatic rings. The Kier molecular flexibility index (Phi) is 4.87. The number of hydrogen-bond acceptors (Lipinski definition) is 4. The minimum Gasteiger partial charge on any atom is -0.378 e. The molecule has 24 heavy (non-hydrogen) atoms. The second-order valence-corrected chi connectivity index (χ2v) is 6.69. The molecule has 1 amide bonds. The Morgan fingerprint density at radius 3 is 2.83 bits per heavy atom. The number of imidazole rings is 1. The third-order valence-electron chi connectivity index (χ3n) is 3.57. The van der Waals surface area contributed by atoms with Crippen LogP contribution in [-0.2, 0) is 11.3 Å². The van der Waals surface area contributed by atoms with Crippen LogP contribution in [0, 0.1) is 0 Å². The minimum absolute atomic E-state index is 0.173. The lowest BCUT2D eigenvalue weighted by Crippen LogP contribution is -2.20. The van der Waals surface area contributed by atoms with E-state index in [2.05, 4.69) is 10.3 Å². The van der Waals surface area contributed by atoms with E-state index in [4.69, 9.17) is 11.6 Å². The molecule has 0 unspecified atom stereocenters. The summed E-state index contributed by atoms with van der Waals surface area (Å²) in [6, 6.07) is 8.05. The van der Waals surface area contributed by atoms with Gasteiger partial charge in [-0.25, -0.2) is 4.98 Å². The summed E-state index contributed by atoms with van der Waals surface area (Å²) in [5.41, 5.74) is 2.88. The maximum atomic E-state index is 12.0. The number of thiazole rings is 1. The first-order valence-electron chi connectivity index (χ1n) is 7.38. The van der Waals surface area contributed by atoms with Gasteiger partial charge in [-0.15, -0.1) is 11.3 Å². The second kappa shape index (κ2) is 7.07. The number of halogens is 1. The molecule has 0 aliphatic heterocycles. The molecule has 0 aliphatic carbocycles. The maximum absolute atomic E-state index is 12.0. The van der Waals surface area contributed by atoms with Gasteiger partial charge in [0, 0.05) is 44.0 Å². The van der Waals surface area contributed by atoms with Gasteiger partial charge in [-0.05, 0) is 23.8 Å². The van der Waals surface area contributed by atoms with E-state index in [1.807, 2.05) is 59.2 Å². The van der Waals surface area contributed by atoms with Crippen molar-refractivity contribution >= 4 is 45.6 Å². The standard InChI is InChI=1S/C17H17ClN4OS/c1-21(2)13-5-3-12(4-6-13)11-19-15(23)8-7-14-16(18)20-17-22(14)9-10-24-17/h3-10H,11H2,1-2H3,(H,19,23)/b8-7+. The first kappa shape index (κ1) is 16.5. The van der Waals surface area contributed by atoms with Crippen molar-refractivity contribution < 1.29 is 4.79 Å². The molecule has 5 nitrogen and oxygen atoms in total. The zero-order valence-electron chi connectivity index (χ0n) is 13.4. The third-order valence-corrected chi connectivity index (χ3v) is 4.60. The summed E-state index contributed by atoms with van der Waals surface area (Å²) in [6.45, 7) is 0.477. The first-order valence-corrected chi connectivity index (χ1v) is 8.63. The molecule has 0 spiro atoms. The van der Waals surface area contributed by atoms with Crippen molar-refractivity contribution in [3.8, 4) is 0 Å². The lowest BCUT2D eigenvalue weighted by atomic mass is 10.2. The summed E-state index contributed by atoms with van der Waals surface area (Å²) < 4.78 is 1.86. The second-order valence-electron chi connectivity index (χ2n) is 5.46. The molecule has 7 heteroatoms. The Morgan fingerprint density at radius 2 is 2.12 bits per heavy atom. The average molecular weight is 361 g/mol. The van der Waals surface area contributed by atoms with Crippen LogP contribution in [0.25, 0.3) is 11.0 Å². The molecule has 1 N–H and O–H groups in total. The van der Waals surface area contributed by atoms with Gasteiger partial charge >= 0.3 is 0 Å². The van der Waals surface area contributed by atoms with Gasteiger partial charge in [0.05, 0.1) is 5.69 Å². The minimum atomic E-state index is -0.173. The van der Waals surface area contributed by atoms with Crippen LogP contribution in [0.4, 0.5) is 5.69 Å². The van der Waals surface area contributed by atoms with Crippen molar-refractivity contribution in [3.05, 3.63) is 58.3 Å². The molecule has 0 radical (unpaired) electrons. The summed E-state index contributed by atoms with van der Waals surface area (Å²) in [7, 11) is 3.99. The molecule has 0 fully saturated rings. The fourth-order valence-electron chi connectivity index (χ4n) is 2.24. The van der Waals surface area contributed by atoms with E-state index in [-0.39, 0.29) is 5.91 Å². The highest BCUT2D eigenvalue weighted by Gasteiger charge is 2.08. The van der Waals surface area contributed by atoms with Crippen LogP contribution < -0.4 is 10.2 Å². The lowest BCUT2D eigenvalue weighted by molar-refractivity contribution is -0.116. The average Bonchev–Trinajstić information content (AvgIpc) is 3.12. The van der Waals surface area contributed by atoms with Gasteiger partial charge in [-0.1, -0.05) is 23.7 Å². The number of amides is 1. The van der Waals surface area contributed by atoms with Crippen LogP contribution >= 0.6 is 22.9 Å². The number of anilines is 1. The number of rotatable bonds is 5. The van der Waals surface area contributed by atoms with Crippen LogP contribution in [0.15, 0.2) is 41.9 Å². The van der Waals surface area contributed by atoms with Crippen molar-refractivity contribution in [2.75, 3.05) is 19.0 Å². The highest BCUT2D eigenvalue weighted by atomic mass is 35.5. The molecule has 2 heterocycles. The zero-order chi connectivity index (χ0) is 17.1. The summed E-state index contributed by atoms with van der Waals surface area (Å²) in [5, 5.41) is 5.18. The number of hydrogen-bond donors (Lipinski definition) is 1. The molecule has 124 valence electrons. The van der Waals surface area contributed by atoms with E-state index in [9.17, 15) is 4.79 Å². The Bertz CT molecular complexity index is 880. The Labute approximate surface area is 149 Å². The van der Waals surface area contributed by atoms with E-state index in [1.165, 1.54) is 17.4 Å². The van der Waals surface area contributed by atoms with Gasteiger partial charge in [-0.2, -0.15) is 0 Å². The molecule has 2 aromatic heterocycles. The van der Waals surface area contributed by atoms with Crippen molar-refractivity contribution in [2.24, 2.45) is 0 Å². The van der Waals surface area contributed by atoms with Crippen molar-refractivity contribution in [1.82, 2.24) is 14.7 Å². The van der Waals surface area contributed by atoms with E-state index in [0.717, 1.165) is 16.2 Å². The van der Waals surface area contributed by atoms with E-state index in [1.54, 1.807) is 6.08 Å². The molecular formula is C17H17ClN4OS. The number of aromatic nitrogens is 2. The van der Waals surface area contributed by atoms with E-state index in [0.29, 0.717) is 17.4 Å². The fourth-order valence-corrected chi connectivity index (χ4v) is 3.25. The number of carbonyl (C=O) groups excluding carboxylic acids is 1. The van der Waals surface area contributed by atoms with Crippen LogP contribution in [0.1, 0.15) is 11.3 Å². The first-order chi connectivity index (χ1) is 11.5. The number of nitrogens with zero attached hydrogens (tertiary/aromatic N) is 3. The summed E-state index contributed by atoms with van der Waals surface area (Å²) in [4.78, 5) is 19.1. The van der Waals surface area contributed by atoms with E-state index >= 15 is 0 Å². The lowest BCUT2D eigenvalue weighted by Gasteiger charge is -2.12. The SMILES string of the molecule is CN(C)c1ccc(CNC(=O)/C=C/c2c(Cl)nc3sccn23)cc1. The Balaban J connectivity index is 1.61. The van der Waals surface area contributed by atoms with Crippen LogP contribution in [0.3, 0.4) is 0 Å². The normalized spacial score (nSPS) is 11.3. The van der Waals surface area contributed by atoms with Gasteiger partial charge in [0.1, 0.15) is 0 Å². The highest BCUT2D eigenvalue weighted by molar-refractivity contribution is 7.15. The Hall–Kier alpha value is -2.31. The van der Waals surface area contributed by atoms with Gasteiger partial charge in [0.2, 0.25) is 5.91 Å². The number of fused-ring (bicyclic) bond motifs is 1. The monoisotopic (exact) mass is 360 g/mol. The fraction of sp³-hybridized carbons (Fsp3) is 0.176. The smallest absolute Gasteiger partial charge is 0.244 e. The zero-order valence-corrected chi connectivity index (χ0v) is 14.9. The van der Waals surface area contributed by atoms with Crippen LogP contribution in [0.2, 0.25) is 5.15 Å². The largest absolute Gasteiger partial charge is 0.378 e. The molecule has 3 rings (SSSR count). The predicted molar refractivity (Wildman–Crippen MR) is 99.7 cm³/mol. The van der Waals surface area contributed by atoms with Crippen LogP contribution in [0.5, 0.6) is 0 Å². The van der Waals surface area contributed by atoms with Crippen molar-refractivity contribution in [2.45, 2.75) is 6.54 Å². The van der Waals surface area contributed by atoms with Gasteiger partial charge < -0.3 is 10.2 Å². The summed E-state index contributed by atoms with van der Waals surface area (Å²) >= 11 is 7.59. The molecule has 0 bridgehead atoms. The quantitative estimate of drug-likeness (QED) is 0.709. The Morgan fingerprint density at radius 1 is 1.38 bits per heavy atom. The third kappa shape index (κ3) is 3.60. The molecule has 0 atom stereocenters. The van der Waals surface area contributed by atoms with Gasteiger partial charge in [0.15, 0.2) is 10.1 Å². The topological polar surface area (TPSA) is 49.6 Å². The predicted octanol–water partition coefficient (Wildman–Crippen LogP) is 3.44. The van der Waals surface area contributed by atoms with Gasteiger partial charge in [0.25, 0.3) is 0 Å². The number of benzene rings is 1. The number of carbonyl (C=O) groups is 1. The molecule has 0 saturated heterocycles. The molecule has 0 aliphatic rings. The van der Waals surface area contributed by atoms with Crippen molar-refractivity contribution in [3.63, 3.8) is 0 Å². The maximum Gasteiger partial charge on any atom is 0.244 e. The highest BCUT2D eigenvalue weighted by Crippen LogP contribution is 2.22. The number of nitrogens with one attached hydrogen (secondary N) is 1. The van der Waals surface area contributed by atoms with Crippen LogP contribution in [-0.4, -0.2) is 29.4 Å². The van der Waals surface area contributed by atoms with E-state index < -0.39 is 0 Å². The summed E-state index contributed by atoms with van der Waals surface area (Å²) in [5.74, 6) is -0.173. The molecule has 1 aromatic carbocycles.